The number of hydrogen-bond donors (Lipinski definition) is 2. The minimum absolute atomic E-state index is 0.473. The number of hydrogen-bond acceptors (Lipinski definition) is 4. The lowest BCUT2D eigenvalue weighted by Gasteiger charge is -1.93. The first kappa shape index (κ1) is 8.46. The highest BCUT2D eigenvalue weighted by Crippen LogP contribution is 2.38. The molecule has 2 heterocycles. The van der Waals surface area contributed by atoms with E-state index in [0.29, 0.717) is 11.7 Å². The zero-order chi connectivity index (χ0) is 10.4. The summed E-state index contributed by atoms with van der Waals surface area (Å²) in [5.41, 5.74) is 6.36. The molecule has 0 bridgehead atoms. The summed E-state index contributed by atoms with van der Waals surface area (Å²) in [5, 5.41) is 11.1. The largest absolute Gasteiger partial charge is 0.382 e. The molecule has 0 saturated heterocycles. The van der Waals surface area contributed by atoms with Gasteiger partial charge in [0.2, 0.25) is 0 Å². The van der Waals surface area contributed by atoms with Crippen molar-refractivity contribution in [1.29, 1.82) is 0 Å². The van der Waals surface area contributed by atoms with Crippen LogP contribution in [0.3, 0.4) is 0 Å². The summed E-state index contributed by atoms with van der Waals surface area (Å²) in [7, 11) is 1.88. The molecule has 0 radical (unpaired) electrons. The molecular formula is C9H12N6. The Hall–Kier alpha value is -1.85. The Balaban J connectivity index is 2.03. The highest BCUT2D eigenvalue weighted by molar-refractivity contribution is 5.54. The van der Waals surface area contributed by atoms with Crippen molar-refractivity contribution in [3.63, 3.8) is 0 Å². The maximum atomic E-state index is 5.55. The van der Waals surface area contributed by atoms with Gasteiger partial charge in [-0.1, -0.05) is 0 Å². The molecule has 1 aliphatic rings. The molecule has 2 aromatic heterocycles. The molecule has 1 saturated carbocycles. The first-order valence-electron chi connectivity index (χ1n) is 4.96. The molecule has 0 aromatic carbocycles. The van der Waals surface area contributed by atoms with Gasteiger partial charge in [0.05, 0.1) is 0 Å². The number of anilines is 1. The monoisotopic (exact) mass is 204 g/mol. The van der Waals surface area contributed by atoms with Crippen LogP contribution in [0.1, 0.15) is 24.6 Å². The number of aryl methyl sites for hydroxylation is 1. The van der Waals surface area contributed by atoms with Crippen LogP contribution in [0, 0.1) is 0 Å². The second kappa shape index (κ2) is 2.82. The Morgan fingerprint density at radius 3 is 2.93 bits per heavy atom. The standard InChI is InChI=1S/C9H12N6/c1-15-9(6-4-7(10)13-12-6)11-8(14-15)5-2-3-5/h4-5H,2-3H2,1H3,(H3,10,12,13). The van der Waals surface area contributed by atoms with E-state index in [1.54, 1.807) is 10.7 Å². The van der Waals surface area contributed by atoms with Gasteiger partial charge in [-0.25, -0.2) is 9.67 Å². The smallest absolute Gasteiger partial charge is 0.176 e. The highest BCUT2D eigenvalue weighted by atomic mass is 15.3. The van der Waals surface area contributed by atoms with Gasteiger partial charge in [0.15, 0.2) is 11.6 Å². The number of aromatic nitrogens is 5. The quantitative estimate of drug-likeness (QED) is 0.752. The summed E-state index contributed by atoms with van der Waals surface area (Å²) in [4.78, 5) is 4.48. The van der Waals surface area contributed by atoms with Gasteiger partial charge >= 0.3 is 0 Å². The van der Waals surface area contributed by atoms with Crippen LogP contribution in [-0.4, -0.2) is 25.0 Å². The van der Waals surface area contributed by atoms with Gasteiger partial charge in [-0.15, -0.1) is 0 Å². The lowest BCUT2D eigenvalue weighted by Crippen LogP contribution is -1.94. The topological polar surface area (TPSA) is 85.4 Å². The van der Waals surface area contributed by atoms with E-state index in [2.05, 4.69) is 20.3 Å². The molecule has 78 valence electrons. The maximum Gasteiger partial charge on any atom is 0.176 e. The number of rotatable bonds is 2. The number of nitrogen functional groups attached to an aromatic ring is 1. The second-order valence-corrected chi connectivity index (χ2v) is 3.90. The first-order chi connectivity index (χ1) is 7.24. The summed E-state index contributed by atoms with van der Waals surface area (Å²) in [5.74, 6) is 2.76. The Kier molecular flexibility index (Phi) is 1.59. The zero-order valence-electron chi connectivity index (χ0n) is 8.44. The summed E-state index contributed by atoms with van der Waals surface area (Å²) in [6, 6.07) is 1.76. The van der Waals surface area contributed by atoms with Crippen molar-refractivity contribution in [2.45, 2.75) is 18.8 Å². The maximum absolute atomic E-state index is 5.55. The third-order valence-corrected chi connectivity index (χ3v) is 2.56. The van der Waals surface area contributed by atoms with Crippen molar-refractivity contribution in [3.8, 4) is 11.5 Å². The van der Waals surface area contributed by atoms with Crippen LogP contribution < -0.4 is 5.73 Å². The van der Waals surface area contributed by atoms with Crippen LogP contribution in [0.25, 0.3) is 11.5 Å². The molecule has 0 unspecified atom stereocenters. The van der Waals surface area contributed by atoms with Gasteiger partial charge in [0, 0.05) is 19.0 Å². The SMILES string of the molecule is Cn1nc(C2CC2)nc1-c1cc(N)n[nH]1. The molecule has 1 aliphatic carbocycles. The molecule has 2 aromatic rings. The predicted molar refractivity (Wildman–Crippen MR) is 55.0 cm³/mol. The fourth-order valence-electron chi connectivity index (χ4n) is 1.61. The molecule has 3 rings (SSSR count). The molecule has 0 amide bonds. The molecule has 0 atom stereocenters. The fourth-order valence-corrected chi connectivity index (χ4v) is 1.61. The molecule has 0 aliphatic heterocycles. The Labute approximate surface area is 86.5 Å². The molecule has 15 heavy (non-hydrogen) atoms. The summed E-state index contributed by atoms with van der Waals surface area (Å²) >= 11 is 0. The molecule has 0 spiro atoms. The Morgan fingerprint density at radius 2 is 2.33 bits per heavy atom. The van der Waals surface area contributed by atoms with Crippen LogP contribution in [-0.2, 0) is 7.05 Å². The van der Waals surface area contributed by atoms with Gasteiger partial charge in [0.25, 0.3) is 0 Å². The van der Waals surface area contributed by atoms with Gasteiger partial charge in [-0.3, -0.25) is 5.10 Å². The minimum Gasteiger partial charge on any atom is -0.382 e. The molecule has 6 nitrogen and oxygen atoms in total. The first-order valence-corrected chi connectivity index (χ1v) is 4.96. The van der Waals surface area contributed by atoms with E-state index in [1.807, 2.05) is 7.05 Å². The third kappa shape index (κ3) is 1.38. The predicted octanol–water partition coefficient (Wildman–Crippen LogP) is 0.665. The number of H-pyrrole nitrogens is 1. The number of nitrogens with zero attached hydrogens (tertiary/aromatic N) is 4. The third-order valence-electron chi connectivity index (χ3n) is 2.56. The second-order valence-electron chi connectivity index (χ2n) is 3.90. The van der Waals surface area contributed by atoms with Crippen LogP contribution in [0.15, 0.2) is 6.07 Å². The fraction of sp³-hybridized carbons (Fsp3) is 0.444. The minimum atomic E-state index is 0.473. The van der Waals surface area contributed by atoms with E-state index in [9.17, 15) is 0 Å². The van der Waals surface area contributed by atoms with Gasteiger partial charge in [-0.05, 0) is 12.8 Å². The summed E-state index contributed by atoms with van der Waals surface area (Å²) < 4.78 is 1.76. The Bertz CT molecular complexity index is 492. The van der Waals surface area contributed by atoms with Crippen LogP contribution in [0.4, 0.5) is 5.82 Å². The van der Waals surface area contributed by atoms with E-state index in [-0.39, 0.29) is 0 Å². The van der Waals surface area contributed by atoms with Gasteiger partial charge in [0.1, 0.15) is 11.5 Å². The average Bonchev–Trinajstić information content (AvgIpc) is 2.86. The van der Waals surface area contributed by atoms with Crippen LogP contribution in [0.5, 0.6) is 0 Å². The molecule has 3 N–H and O–H groups in total. The summed E-state index contributed by atoms with van der Waals surface area (Å²) in [6.45, 7) is 0. The normalized spacial score (nSPS) is 15.8. The van der Waals surface area contributed by atoms with E-state index in [1.165, 1.54) is 12.8 Å². The number of nitrogens with two attached hydrogens (primary N) is 1. The van der Waals surface area contributed by atoms with Gasteiger partial charge < -0.3 is 5.73 Å². The van der Waals surface area contributed by atoms with Crippen molar-refractivity contribution in [1.82, 2.24) is 25.0 Å². The van der Waals surface area contributed by atoms with Gasteiger partial charge in [-0.2, -0.15) is 10.2 Å². The zero-order valence-corrected chi connectivity index (χ0v) is 8.44. The van der Waals surface area contributed by atoms with E-state index < -0.39 is 0 Å². The van der Waals surface area contributed by atoms with E-state index >= 15 is 0 Å². The van der Waals surface area contributed by atoms with Crippen molar-refractivity contribution in [2.75, 3.05) is 5.73 Å². The van der Waals surface area contributed by atoms with Crippen molar-refractivity contribution in [2.24, 2.45) is 7.05 Å². The van der Waals surface area contributed by atoms with Crippen molar-refractivity contribution < 1.29 is 0 Å². The number of aromatic amines is 1. The lowest BCUT2D eigenvalue weighted by atomic mass is 10.4. The summed E-state index contributed by atoms with van der Waals surface area (Å²) in [6.07, 6.45) is 2.41. The van der Waals surface area contributed by atoms with Crippen molar-refractivity contribution >= 4 is 5.82 Å². The van der Waals surface area contributed by atoms with Crippen molar-refractivity contribution in [3.05, 3.63) is 11.9 Å². The lowest BCUT2D eigenvalue weighted by molar-refractivity contribution is 0.748. The molecular weight excluding hydrogens is 192 g/mol. The molecule has 6 heteroatoms. The van der Waals surface area contributed by atoms with E-state index in [4.69, 9.17) is 5.73 Å². The van der Waals surface area contributed by atoms with Crippen LogP contribution in [0.2, 0.25) is 0 Å². The van der Waals surface area contributed by atoms with E-state index in [0.717, 1.165) is 17.3 Å². The highest BCUT2D eigenvalue weighted by Gasteiger charge is 2.28. The molecule has 1 fully saturated rings. The average molecular weight is 204 g/mol. The number of nitrogens with one attached hydrogen (secondary N) is 1. The Morgan fingerprint density at radius 1 is 1.53 bits per heavy atom. The van der Waals surface area contributed by atoms with Crippen LogP contribution >= 0.6 is 0 Å².